The monoisotopic (exact) mass is 277 g/mol. The smallest absolute Gasteiger partial charge is 0.295 e. The first-order valence-corrected chi connectivity index (χ1v) is 5.80. The minimum atomic E-state index is -0.682. The average molecular weight is 277 g/mol. The third-order valence-electron chi connectivity index (χ3n) is 2.69. The molecule has 2 aromatic rings. The van der Waals surface area contributed by atoms with Gasteiger partial charge in [-0.1, -0.05) is 0 Å². The first-order chi connectivity index (χ1) is 9.47. The Hall–Kier alpha value is -2.70. The first-order valence-electron chi connectivity index (χ1n) is 5.80. The van der Waals surface area contributed by atoms with E-state index in [9.17, 15) is 19.6 Å². The molecule has 2 rings (SSSR count). The van der Waals surface area contributed by atoms with Crippen LogP contribution in [0, 0.1) is 22.9 Å². The minimum Gasteiger partial charge on any atom is -0.506 e. The average Bonchev–Trinajstić information content (AvgIpc) is 2.40. The van der Waals surface area contributed by atoms with E-state index in [-0.39, 0.29) is 23.7 Å². The van der Waals surface area contributed by atoms with Crippen LogP contribution in [0.1, 0.15) is 11.4 Å². The Bertz CT molecular complexity index is 661. The van der Waals surface area contributed by atoms with E-state index in [4.69, 9.17) is 0 Å². The molecule has 0 atom stereocenters. The number of hydrogen-bond donors (Lipinski definition) is 2. The van der Waals surface area contributed by atoms with Crippen molar-refractivity contribution in [3.05, 3.63) is 57.7 Å². The Balaban J connectivity index is 2.23. The second kappa shape index (κ2) is 5.52. The highest BCUT2D eigenvalue weighted by Crippen LogP contribution is 2.26. The number of nitro groups is 1. The van der Waals surface area contributed by atoms with E-state index in [1.165, 1.54) is 12.1 Å². The fraction of sp³-hybridized carbons (Fsp3) is 0.154. The Morgan fingerprint density at radius 2 is 2.15 bits per heavy atom. The summed E-state index contributed by atoms with van der Waals surface area (Å²) in [5.74, 6) is -0.688. The van der Waals surface area contributed by atoms with Gasteiger partial charge in [0.1, 0.15) is 22.9 Å². The molecule has 0 fully saturated rings. The number of nitrogens with zero attached hydrogens (tertiary/aromatic N) is 2. The molecule has 0 radical (unpaired) electrons. The molecule has 104 valence electrons. The molecule has 1 heterocycles. The van der Waals surface area contributed by atoms with Crippen LogP contribution < -0.4 is 5.32 Å². The van der Waals surface area contributed by atoms with E-state index in [2.05, 4.69) is 10.3 Å². The molecule has 2 N–H and O–H groups in total. The molecule has 7 heteroatoms. The van der Waals surface area contributed by atoms with Crippen LogP contribution >= 0.6 is 0 Å². The van der Waals surface area contributed by atoms with E-state index >= 15 is 0 Å². The van der Waals surface area contributed by atoms with Crippen molar-refractivity contribution in [1.29, 1.82) is 0 Å². The second-order valence-electron chi connectivity index (χ2n) is 4.19. The number of aromatic nitrogens is 1. The summed E-state index contributed by atoms with van der Waals surface area (Å²) in [6, 6.07) is 6.39. The molecule has 20 heavy (non-hydrogen) atoms. The van der Waals surface area contributed by atoms with Gasteiger partial charge in [-0.25, -0.2) is 4.39 Å². The van der Waals surface area contributed by atoms with E-state index in [1.807, 2.05) is 0 Å². The molecule has 0 amide bonds. The van der Waals surface area contributed by atoms with Crippen LogP contribution in [0.3, 0.4) is 0 Å². The number of aryl methyl sites for hydroxylation is 1. The topological polar surface area (TPSA) is 88.3 Å². The third-order valence-corrected chi connectivity index (χ3v) is 2.69. The molecule has 0 unspecified atom stereocenters. The summed E-state index contributed by atoms with van der Waals surface area (Å²) in [7, 11) is 0. The van der Waals surface area contributed by atoms with Gasteiger partial charge in [0.2, 0.25) is 0 Å². The predicted octanol–water partition coefficient (Wildman–Crippen LogP) is 2.76. The zero-order chi connectivity index (χ0) is 14.7. The predicted molar refractivity (Wildman–Crippen MR) is 71.0 cm³/mol. The Morgan fingerprint density at radius 3 is 2.85 bits per heavy atom. The molecule has 0 aliphatic heterocycles. The highest BCUT2D eigenvalue weighted by Gasteiger charge is 2.15. The normalized spacial score (nSPS) is 10.3. The molecule has 1 aromatic heterocycles. The van der Waals surface area contributed by atoms with Crippen molar-refractivity contribution < 1.29 is 14.4 Å². The lowest BCUT2D eigenvalue weighted by Gasteiger charge is -2.08. The van der Waals surface area contributed by atoms with Gasteiger partial charge in [0.15, 0.2) is 0 Å². The van der Waals surface area contributed by atoms with Gasteiger partial charge in [-0.05, 0) is 31.2 Å². The molecular weight excluding hydrogens is 265 g/mol. The lowest BCUT2D eigenvalue weighted by atomic mass is 10.2. The molecule has 0 bridgehead atoms. The number of pyridine rings is 1. The molecule has 1 aromatic carbocycles. The van der Waals surface area contributed by atoms with Gasteiger partial charge in [-0.2, -0.15) is 0 Å². The zero-order valence-corrected chi connectivity index (χ0v) is 10.6. The SMILES string of the molecule is Cc1ccc(O)c(CNc2ccc(F)cc2[N+](=O)[O-])n1. The van der Waals surface area contributed by atoms with Crippen molar-refractivity contribution in [3.8, 4) is 5.75 Å². The van der Waals surface area contributed by atoms with Gasteiger partial charge < -0.3 is 10.4 Å². The van der Waals surface area contributed by atoms with Crippen LogP contribution in [-0.2, 0) is 6.54 Å². The van der Waals surface area contributed by atoms with E-state index < -0.39 is 10.7 Å². The number of benzene rings is 1. The fourth-order valence-corrected chi connectivity index (χ4v) is 1.72. The number of halogens is 1. The van der Waals surface area contributed by atoms with Gasteiger partial charge in [-0.3, -0.25) is 15.1 Å². The number of hydrogen-bond acceptors (Lipinski definition) is 5. The first kappa shape index (κ1) is 13.7. The standard InChI is InChI=1S/C13H12FN3O3/c1-8-2-5-13(18)11(16-8)7-15-10-4-3-9(14)6-12(10)17(19)20/h2-6,15,18H,7H2,1H3. The summed E-state index contributed by atoms with van der Waals surface area (Å²) in [6.07, 6.45) is 0. The van der Waals surface area contributed by atoms with Gasteiger partial charge in [-0.15, -0.1) is 0 Å². The summed E-state index contributed by atoms with van der Waals surface area (Å²) < 4.78 is 13.0. The summed E-state index contributed by atoms with van der Waals surface area (Å²) in [5.41, 5.74) is 0.882. The van der Waals surface area contributed by atoms with Gasteiger partial charge in [0.05, 0.1) is 17.5 Å². The van der Waals surface area contributed by atoms with Gasteiger partial charge in [0, 0.05) is 5.69 Å². The summed E-state index contributed by atoms with van der Waals surface area (Å²) in [4.78, 5) is 14.3. The van der Waals surface area contributed by atoms with Crippen LogP contribution in [0.15, 0.2) is 30.3 Å². The van der Waals surface area contributed by atoms with Crippen molar-refractivity contribution >= 4 is 11.4 Å². The quantitative estimate of drug-likeness (QED) is 0.662. The van der Waals surface area contributed by atoms with E-state index in [0.717, 1.165) is 12.1 Å². The lowest BCUT2D eigenvalue weighted by Crippen LogP contribution is -2.05. The number of aromatic hydroxyl groups is 1. The second-order valence-corrected chi connectivity index (χ2v) is 4.19. The number of nitro benzene ring substituents is 1. The molecule has 0 saturated heterocycles. The maximum absolute atomic E-state index is 13.0. The highest BCUT2D eigenvalue weighted by atomic mass is 19.1. The molecule has 0 aliphatic rings. The maximum Gasteiger partial charge on any atom is 0.295 e. The van der Waals surface area contributed by atoms with E-state index in [1.54, 1.807) is 13.0 Å². The largest absolute Gasteiger partial charge is 0.506 e. The molecule has 6 nitrogen and oxygen atoms in total. The van der Waals surface area contributed by atoms with Crippen molar-refractivity contribution in [2.24, 2.45) is 0 Å². The molecule has 0 saturated carbocycles. The number of anilines is 1. The van der Waals surface area contributed by atoms with Crippen molar-refractivity contribution in [1.82, 2.24) is 4.98 Å². The fourth-order valence-electron chi connectivity index (χ4n) is 1.72. The van der Waals surface area contributed by atoms with Crippen LogP contribution in [-0.4, -0.2) is 15.0 Å². The summed E-state index contributed by atoms with van der Waals surface area (Å²) in [5, 5.41) is 23.3. The van der Waals surface area contributed by atoms with Crippen LogP contribution in [0.5, 0.6) is 5.75 Å². The maximum atomic E-state index is 13.0. The van der Waals surface area contributed by atoms with Gasteiger partial charge in [0.25, 0.3) is 5.69 Å². The molecule has 0 spiro atoms. The van der Waals surface area contributed by atoms with Crippen LogP contribution in [0.4, 0.5) is 15.8 Å². The van der Waals surface area contributed by atoms with Crippen molar-refractivity contribution in [2.75, 3.05) is 5.32 Å². The molecular formula is C13H12FN3O3. The highest BCUT2D eigenvalue weighted by molar-refractivity contribution is 5.61. The Labute approximate surface area is 114 Å². The van der Waals surface area contributed by atoms with Crippen LogP contribution in [0.25, 0.3) is 0 Å². The minimum absolute atomic E-state index is 0.00661. The van der Waals surface area contributed by atoms with E-state index in [0.29, 0.717) is 11.4 Å². The summed E-state index contributed by atoms with van der Waals surface area (Å²) >= 11 is 0. The summed E-state index contributed by atoms with van der Waals surface area (Å²) in [6.45, 7) is 1.86. The van der Waals surface area contributed by atoms with Crippen molar-refractivity contribution in [2.45, 2.75) is 13.5 Å². The molecule has 0 aliphatic carbocycles. The number of nitrogens with one attached hydrogen (secondary N) is 1. The third kappa shape index (κ3) is 3.00. The Kier molecular flexibility index (Phi) is 3.79. The Morgan fingerprint density at radius 1 is 1.40 bits per heavy atom. The van der Waals surface area contributed by atoms with Crippen molar-refractivity contribution in [3.63, 3.8) is 0 Å². The lowest BCUT2D eigenvalue weighted by molar-refractivity contribution is -0.384. The van der Waals surface area contributed by atoms with Crippen LogP contribution in [0.2, 0.25) is 0 Å². The number of rotatable bonds is 4. The zero-order valence-electron chi connectivity index (χ0n) is 10.6. The van der Waals surface area contributed by atoms with Gasteiger partial charge >= 0.3 is 0 Å².